The standard InChI is InChI=1S/C15H25N3O/c1-4-18(5-2)12-8-11-16-15(19)17-14-10-7-6-9-13(14)3/h6-7,9-10H,4-5,8,11-12H2,1-3H3,(H2,16,17,19). The van der Waals surface area contributed by atoms with Crippen LogP contribution in [0.1, 0.15) is 25.8 Å². The highest BCUT2D eigenvalue weighted by Crippen LogP contribution is 2.12. The summed E-state index contributed by atoms with van der Waals surface area (Å²) in [6.45, 7) is 10.1. The van der Waals surface area contributed by atoms with Gasteiger partial charge in [0.05, 0.1) is 0 Å². The topological polar surface area (TPSA) is 44.4 Å². The number of amides is 2. The van der Waals surface area contributed by atoms with Gasteiger partial charge in [-0.3, -0.25) is 0 Å². The zero-order valence-corrected chi connectivity index (χ0v) is 12.2. The fourth-order valence-corrected chi connectivity index (χ4v) is 1.92. The monoisotopic (exact) mass is 263 g/mol. The summed E-state index contributed by atoms with van der Waals surface area (Å²) in [5.41, 5.74) is 1.93. The lowest BCUT2D eigenvalue weighted by Crippen LogP contribution is -2.32. The maximum atomic E-state index is 11.7. The molecule has 0 heterocycles. The number of carbonyl (C=O) groups is 1. The molecule has 2 amide bonds. The molecule has 106 valence electrons. The SMILES string of the molecule is CCN(CC)CCCNC(=O)Nc1ccccc1C. The lowest BCUT2D eigenvalue weighted by Gasteiger charge is -2.17. The molecule has 4 nitrogen and oxygen atoms in total. The number of anilines is 1. The molecule has 0 radical (unpaired) electrons. The van der Waals surface area contributed by atoms with Gasteiger partial charge in [-0.2, -0.15) is 0 Å². The van der Waals surface area contributed by atoms with E-state index in [0.29, 0.717) is 6.54 Å². The van der Waals surface area contributed by atoms with Crippen molar-refractivity contribution in [3.63, 3.8) is 0 Å². The van der Waals surface area contributed by atoms with Crippen LogP contribution in [0.2, 0.25) is 0 Å². The van der Waals surface area contributed by atoms with Crippen molar-refractivity contribution in [3.05, 3.63) is 29.8 Å². The van der Waals surface area contributed by atoms with Crippen LogP contribution in [-0.4, -0.2) is 37.1 Å². The number of benzene rings is 1. The third-order valence-electron chi connectivity index (χ3n) is 3.22. The number of para-hydroxylation sites is 1. The Morgan fingerprint density at radius 1 is 1.21 bits per heavy atom. The van der Waals surface area contributed by atoms with Crippen molar-refractivity contribution in [3.8, 4) is 0 Å². The molecule has 2 N–H and O–H groups in total. The van der Waals surface area contributed by atoms with Crippen molar-refractivity contribution in [2.75, 3.05) is 31.5 Å². The van der Waals surface area contributed by atoms with E-state index in [9.17, 15) is 4.79 Å². The zero-order valence-electron chi connectivity index (χ0n) is 12.2. The van der Waals surface area contributed by atoms with Gasteiger partial charge in [0.1, 0.15) is 0 Å². The minimum Gasteiger partial charge on any atom is -0.338 e. The normalized spacial score (nSPS) is 10.5. The van der Waals surface area contributed by atoms with Crippen molar-refractivity contribution >= 4 is 11.7 Å². The Morgan fingerprint density at radius 2 is 1.89 bits per heavy atom. The molecule has 1 aromatic carbocycles. The van der Waals surface area contributed by atoms with Crippen LogP contribution in [0.3, 0.4) is 0 Å². The van der Waals surface area contributed by atoms with Crippen LogP contribution >= 0.6 is 0 Å². The molecule has 0 saturated heterocycles. The molecule has 0 aliphatic rings. The van der Waals surface area contributed by atoms with Gasteiger partial charge in [-0.1, -0.05) is 32.0 Å². The first kappa shape index (κ1) is 15.5. The fourth-order valence-electron chi connectivity index (χ4n) is 1.92. The van der Waals surface area contributed by atoms with Crippen molar-refractivity contribution in [1.82, 2.24) is 10.2 Å². The van der Waals surface area contributed by atoms with Crippen LogP contribution in [0.5, 0.6) is 0 Å². The molecule has 0 aliphatic carbocycles. The second-order valence-corrected chi connectivity index (χ2v) is 4.58. The summed E-state index contributed by atoms with van der Waals surface area (Å²) in [4.78, 5) is 14.1. The molecule has 19 heavy (non-hydrogen) atoms. The van der Waals surface area contributed by atoms with Gasteiger partial charge in [0.15, 0.2) is 0 Å². The summed E-state index contributed by atoms with van der Waals surface area (Å²) in [5, 5.41) is 5.75. The Morgan fingerprint density at radius 3 is 2.53 bits per heavy atom. The third kappa shape index (κ3) is 5.75. The number of carbonyl (C=O) groups excluding carboxylic acids is 1. The maximum absolute atomic E-state index is 11.7. The van der Waals surface area contributed by atoms with Crippen LogP contribution in [0, 0.1) is 6.92 Å². The summed E-state index contributed by atoms with van der Waals surface area (Å²) in [5.74, 6) is 0. The highest BCUT2D eigenvalue weighted by atomic mass is 16.2. The molecular weight excluding hydrogens is 238 g/mol. The number of nitrogens with one attached hydrogen (secondary N) is 2. The predicted octanol–water partition coefficient (Wildman–Crippen LogP) is 2.85. The third-order valence-corrected chi connectivity index (χ3v) is 3.22. The van der Waals surface area contributed by atoms with E-state index in [-0.39, 0.29) is 6.03 Å². The second kappa shape index (κ2) is 8.53. The van der Waals surface area contributed by atoms with Gasteiger partial charge < -0.3 is 15.5 Å². The van der Waals surface area contributed by atoms with E-state index < -0.39 is 0 Å². The first-order valence-electron chi connectivity index (χ1n) is 7.00. The van der Waals surface area contributed by atoms with Crippen LogP contribution in [0.25, 0.3) is 0 Å². The number of urea groups is 1. The average molecular weight is 263 g/mol. The van der Waals surface area contributed by atoms with Crippen LogP contribution in [-0.2, 0) is 0 Å². The number of aryl methyl sites for hydroxylation is 1. The van der Waals surface area contributed by atoms with Gasteiger partial charge >= 0.3 is 6.03 Å². The van der Waals surface area contributed by atoms with E-state index in [1.54, 1.807) is 0 Å². The van der Waals surface area contributed by atoms with Gasteiger partial charge in [0.25, 0.3) is 0 Å². The zero-order chi connectivity index (χ0) is 14.1. The molecule has 0 spiro atoms. The molecule has 1 aromatic rings. The maximum Gasteiger partial charge on any atom is 0.319 e. The van der Waals surface area contributed by atoms with Crippen molar-refractivity contribution < 1.29 is 4.79 Å². The molecule has 1 rings (SSSR count). The molecule has 0 unspecified atom stereocenters. The van der Waals surface area contributed by atoms with Crippen LogP contribution in [0.15, 0.2) is 24.3 Å². The van der Waals surface area contributed by atoms with Gasteiger partial charge in [0, 0.05) is 12.2 Å². The van der Waals surface area contributed by atoms with Gasteiger partial charge in [-0.05, 0) is 44.6 Å². The Kier molecular flexibility index (Phi) is 6.97. The van der Waals surface area contributed by atoms with E-state index in [2.05, 4.69) is 29.4 Å². The Labute approximate surface area is 116 Å². The molecule has 0 aromatic heterocycles. The van der Waals surface area contributed by atoms with Gasteiger partial charge in [-0.25, -0.2) is 4.79 Å². The average Bonchev–Trinajstić information content (AvgIpc) is 2.42. The number of hydrogen-bond donors (Lipinski definition) is 2. The Balaban J connectivity index is 2.24. The van der Waals surface area contributed by atoms with Crippen molar-refractivity contribution in [2.45, 2.75) is 27.2 Å². The Bertz CT molecular complexity index is 389. The molecule has 0 bridgehead atoms. The Hall–Kier alpha value is -1.55. The molecular formula is C15H25N3O. The lowest BCUT2D eigenvalue weighted by molar-refractivity contribution is 0.250. The predicted molar refractivity (Wildman–Crippen MR) is 80.6 cm³/mol. The quantitative estimate of drug-likeness (QED) is 0.743. The summed E-state index contributed by atoms with van der Waals surface area (Å²) in [6.07, 6.45) is 0.975. The molecule has 0 fully saturated rings. The highest BCUT2D eigenvalue weighted by molar-refractivity contribution is 5.89. The van der Waals surface area contributed by atoms with Gasteiger partial charge in [0.2, 0.25) is 0 Å². The first-order chi connectivity index (χ1) is 9.17. The van der Waals surface area contributed by atoms with E-state index in [0.717, 1.165) is 37.3 Å². The number of rotatable bonds is 7. The largest absolute Gasteiger partial charge is 0.338 e. The van der Waals surface area contributed by atoms with Crippen molar-refractivity contribution in [1.29, 1.82) is 0 Å². The summed E-state index contributed by atoms with van der Waals surface area (Å²) >= 11 is 0. The van der Waals surface area contributed by atoms with E-state index in [1.807, 2.05) is 31.2 Å². The van der Waals surface area contributed by atoms with Crippen LogP contribution in [0.4, 0.5) is 10.5 Å². The molecule has 0 saturated carbocycles. The smallest absolute Gasteiger partial charge is 0.319 e. The number of hydrogen-bond acceptors (Lipinski definition) is 2. The summed E-state index contributed by atoms with van der Waals surface area (Å²) in [6, 6.07) is 7.64. The minimum absolute atomic E-state index is 0.131. The van der Waals surface area contributed by atoms with Crippen LogP contribution < -0.4 is 10.6 Å². The summed E-state index contributed by atoms with van der Waals surface area (Å²) in [7, 11) is 0. The molecule has 0 atom stereocenters. The van der Waals surface area contributed by atoms with E-state index in [4.69, 9.17) is 0 Å². The van der Waals surface area contributed by atoms with E-state index in [1.165, 1.54) is 0 Å². The second-order valence-electron chi connectivity index (χ2n) is 4.58. The van der Waals surface area contributed by atoms with Crippen molar-refractivity contribution in [2.24, 2.45) is 0 Å². The minimum atomic E-state index is -0.131. The first-order valence-corrected chi connectivity index (χ1v) is 7.00. The summed E-state index contributed by atoms with van der Waals surface area (Å²) < 4.78 is 0. The fraction of sp³-hybridized carbons (Fsp3) is 0.533. The molecule has 0 aliphatic heterocycles. The van der Waals surface area contributed by atoms with Gasteiger partial charge in [-0.15, -0.1) is 0 Å². The lowest BCUT2D eigenvalue weighted by atomic mass is 10.2. The highest BCUT2D eigenvalue weighted by Gasteiger charge is 2.03. The number of nitrogens with zero attached hydrogens (tertiary/aromatic N) is 1. The van der Waals surface area contributed by atoms with E-state index >= 15 is 0 Å². The molecule has 4 heteroatoms.